The average molecular weight is 705 g/mol. The molecule has 0 unspecified atom stereocenters. The lowest BCUT2D eigenvalue weighted by atomic mass is 9.94. The number of aryl methyl sites for hydroxylation is 2. The van der Waals surface area contributed by atoms with E-state index in [0.717, 1.165) is 23.1 Å². The highest BCUT2D eigenvalue weighted by atomic mass is 35.5. The maximum Gasteiger partial charge on any atom is 0.416 e. The number of aromatic nitrogens is 1. The number of benzene rings is 3. The average Bonchev–Trinajstić information content (AvgIpc) is 3.32. The van der Waals surface area contributed by atoms with E-state index < -0.39 is 53.3 Å². The molecule has 0 spiro atoms. The fourth-order valence-electron chi connectivity index (χ4n) is 5.90. The molecule has 2 heterocycles. The van der Waals surface area contributed by atoms with Crippen molar-refractivity contribution >= 4 is 23.7 Å². The molecule has 258 valence electrons. The van der Waals surface area contributed by atoms with Gasteiger partial charge in [-0.15, -0.1) is 0 Å². The fourth-order valence-corrected chi connectivity index (χ4v) is 6.12. The fraction of sp³-hybridized carbons (Fsp3) is 0.306. The van der Waals surface area contributed by atoms with Crippen molar-refractivity contribution in [1.29, 1.82) is 0 Å². The van der Waals surface area contributed by atoms with Gasteiger partial charge in [-0.05, 0) is 91.1 Å². The molecule has 0 bridgehead atoms. The van der Waals surface area contributed by atoms with Crippen molar-refractivity contribution in [1.82, 2.24) is 9.88 Å². The molecule has 13 heteroatoms. The van der Waals surface area contributed by atoms with Gasteiger partial charge in [-0.3, -0.25) is 9.88 Å². The van der Waals surface area contributed by atoms with Gasteiger partial charge < -0.3 is 9.47 Å². The summed E-state index contributed by atoms with van der Waals surface area (Å²) in [4.78, 5) is 31.3. The van der Waals surface area contributed by atoms with Gasteiger partial charge in [0, 0.05) is 21.8 Å². The lowest BCUT2D eigenvalue weighted by Crippen LogP contribution is -2.32. The Hall–Kier alpha value is -4.58. The van der Waals surface area contributed by atoms with E-state index >= 15 is 0 Å². The maximum atomic E-state index is 13.6. The lowest BCUT2D eigenvalue weighted by molar-refractivity contribution is -0.143. The van der Waals surface area contributed by atoms with E-state index in [0.29, 0.717) is 51.7 Å². The SMILES string of the molecule is CCCc1ccc(-c2cc(-c3ccc(C(=O)OC)cc3C)ccc2Cl)c(CN2C(=O)O[C@H](c3cc(C(F)(F)F)cc(C(F)(F)F)c3)[C@@H]2C)n1. The number of carbonyl (C=O) groups excluding carboxylic acids is 2. The van der Waals surface area contributed by atoms with Crippen LogP contribution in [0.5, 0.6) is 0 Å². The summed E-state index contributed by atoms with van der Waals surface area (Å²) in [7, 11) is 1.30. The molecule has 1 aromatic heterocycles. The predicted octanol–water partition coefficient (Wildman–Crippen LogP) is 10.2. The van der Waals surface area contributed by atoms with Crippen LogP contribution in [0.2, 0.25) is 5.02 Å². The summed E-state index contributed by atoms with van der Waals surface area (Å²) in [6.07, 6.45) is -11.1. The molecule has 3 aromatic carbocycles. The van der Waals surface area contributed by atoms with Crippen LogP contribution in [0.1, 0.15) is 70.4 Å². The highest BCUT2D eigenvalue weighted by Gasteiger charge is 2.43. The number of halogens is 7. The lowest BCUT2D eigenvalue weighted by Gasteiger charge is -2.23. The number of ether oxygens (including phenoxy) is 2. The van der Waals surface area contributed by atoms with Gasteiger partial charge in [0.2, 0.25) is 0 Å². The molecule has 0 saturated carbocycles. The molecule has 5 rings (SSSR count). The number of rotatable bonds is 8. The normalized spacial score (nSPS) is 16.6. The van der Waals surface area contributed by atoms with Gasteiger partial charge in [-0.25, -0.2) is 9.59 Å². The first-order valence-electron chi connectivity index (χ1n) is 15.3. The Morgan fingerprint density at radius 1 is 0.918 bits per heavy atom. The minimum atomic E-state index is -5.06. The van der Waals surface area contributed by atoms with Crippen molar-refractivity contribution in [2.24, 2.45) is 0 Å². The number of nitrogens with zero attached hydrogens (tertiary/aromatic N) is 2. The molecule has 4 aromatic rings. The monoisotopic (exact) mass is 704 g/mol. The Kier molecular flexibility index (Phi) is 10.0. The molecule has 1 aliphatic heterocycles. The van der Waals surface area contributed by atoms with Crippen molar-refractivity contribution in [2.75, 3.05) is 7.11 Å². The largest absolute Gasteiger partial charge is 0.465 e. The van der Waals surface area contributed by atoms with Crippen molar-refractivity contribution < 1.29 is 45.4 Å². The number of carbonyl (C=O) groups is 2. The number of pyridine rings is 1. The highest BCUT2D eigenvalue weighted by Crippen LogP contribution is 2.42. The van der Waals surface area contributed by atoms with Gasteiger partial charge in [0.05, 0.1) is 42.1 Å². The van der Waals surface area contributed by atoms with Crippen LogP contribution >= 0.6 is 11.6 Å². The first kappa shape index (κ1) is 35.7. The minimum Gasteiger partial charge on any atom is -0.465 e. The standard InChI is InChI=1S/C36H31ClF6N2O4/c1-5-6-26-9-11-28(29-16-21(8-12-30(29)37)27-10-7-22(13-19(27)2)33(46)48-4)31(44-26)18-45-20(3)32(49-34(45)47)23-14-24(35(38,39)40)17-25(15-23)36(41,42)43/h7-17,20,32H,5-6,18H2,1-4H3/t20-,32-/m0/s1. The van der Waals surface area contributed by atoms with Gasteiger partial charge >= 0.3 is 24.4 Å². The summed E-state index contributed by atoms with van der Waals surface area (Å²) >= 11 is 6.72. The first-order chi connectivity index (χ1) is 23.0. The van der Waals surface area contributed by atoms with Gasteiger partial charge in [0.25, 0.3) is 0 Å². The van der Waals surface area contributed by atoms with Crippen LogP contribution in [-0.2, 0) is 34.8 Å². The smallest absolute Gasteiger partial charge is 0.416 e. The van der Waals surface area contributed by atoms with Crippen LogP contribution in [-0.4, -0.2) is 35.1 Å². The van der Waals surface area contributed by atoms with Crippen LogP contribution in [0.4, 0.5) is 31.1 Å². The number of hydrogen-bond acceptors (Lipinski definition) is 5. The van der Waals surface area contributed by atoms with Crippen LogP contribution in [0, 0.1) is 6.92 Å². The molecule has 1 aliphatic rings. The predicted molar refractivity (Wildman–Crippen MR) is 171 cm³/mol. The van der Waals surface area contributed by atoms with E-state index in [9.17, 15) is 35.9 Å². The highest BCUT2D eigenvalue weighted by molar-refractivity contribution is 6.33. The molecule has 49 heavy (non-hydrogen) atoms. The maximum absolute atomic E-state index is 13.6. The summed E-state index contributed by atoms with van der Waals surface area (Å²) in [5, 5.41) is 0.373. The Bertz CT molecular complexity index is 1880. The molecule has 0 aliphatic carbocycles. The topological polar surface area (TPSA) is 68.7 Å². The van der Waals surface area contributed by atoms with Gasteiger partial charge in [0.1, 0.15) is 6.10 Å². The van der Waals surface area contributed by atoms with Crippen LogP contribution in [0.25, 0.3) is 22.3 Å². The molecule has 1 fully saturated rings. The van der Waals surface area contributed by atoms with E-state index in [-0.39, 0.29) is 12.6 Å². The van der Waals surface area contributed by atoms with Crippen molar-refractivity contribution in [3.63, 3.8) is 0 Å². The molecule has 2 atom stereocenters. The second-order valence-electron chi connectivity index (χ2n) is 11.8. The van der Waals surface area contributed by atoms with Gasteiger partial charge in [-0.1, -0.05) is 43.1 Å². The number of hydrogen-bond donors (Lipinski definition) is 0. The minimum absolute atomic E-state index is 0.0327. The number of amides is 1. The number of alkyl halides is 6. The van der Waals surface area contributed by atoms with E-state index in [1.54, 1.807) is 24.3 Å². The third kappa shape index (κ3) is 7.54. The molecular formula is C36H31ClF6N2O4. The van der Waals surface area contributed by atoms with E-state index in [4.69, 9.17) is 26.1 Å². The third-order valence-corrected chi connectivity index (χ3v) is 8.73. The zero-order valence-corrected chi connectivity index (χ0v) is 27.6. The van der Waals surface area contributed by atoms with Gasteiger partial charge in [0.15, 0.2) is 0 Å². The molecular weight excluding hydrogens is 674 g/mol. The molecule has 0 radical (unpaired) electrons. The second kappa shape index (κ2) is 13.7. The van der Waals surface area contributed by atoms with Crippen molar-refractivity contribution in [3.8, 4) is 22.3 Å². The zero-order valence-electron chi connectivity index (χ0n) is 26.8. The van der Waals surface area contributed by atoms with Crippen molar-refractivity contribution in [3.05, 3.63) is 111 Å². The van der Waals surface area contributed by atoms with Crippen LogP contribution in [0.15, 0.2) is 66.7 Å². The summed E-state index contributed by atoms with van der Waals surface area (Å²) in [5.41, 5.74) is 1.62. The van der Waals surface area contributed by atoms with E-state index in [2.05, 4.69) is 0 Å². The van der Waals surface area contributed by atoms with Gasteiger partial charge in [-0.2, -0.15) is 26.3 Å². The summed E-state index contributed by atoms with van der Waals surface area (Å²) < 4.78 is 91.8. The Morgan fingerprint density at radius 3 is 2.16 bits per heavy atom. The Balaban J connectivity index is 1.54. The molecule has 6 nitrogen and oxygen atoms in total. The number of methoxy groups -OCH3 is 1. The molecule has 1 amide bonds. The molecule has 1 saturated heterocycles. The van der Waals surface area contributed by atoms with E-state index in [1.807, 2.05) is 38.1 Å². The number of esters is 1. The second-order valence-corrected chi connectivity index (χ2v) is 12.2. The van der Waals surface area contributed by atoms with Crippen LogP contribution < -0.4 is 0 Å². The number of cyclic esters (lactones) is 1. The molecule has 0 N–H and O–H groups in total. The zero-order chi connectivity index (χ0) is 35.8. The van der Waals surface area contributed by atoms with Crippen LogP contribution in [0.3, 0.4) is 0 Å². The summed E-state index contributed by atoms with van der Waals surface area (Å²) in [6.45, 7) is 5.15. The quantitative estimate of drug-likeness (QED) is 0.135. The summed E-state index contributed by atoms with van der Waals surface area (Å²) in [5.74, 6) is -0.472. The third-order valence-electron chi connectivity index (χ3n) is 8.40. The summed E-state index contributed by atoms with van der Waals surface area (Å²) in [6, 6.07) is 14.4. The Labute approximate surface area is 283 Å². The first-order valence-corrected chi connectivity index (χ1v) is 15.6. The van der Waals surface area contributed by atoms with Crippen molar-refractivity contribution in [2.45, 2.75) is 64.7 Å². The van der Waals surface area contributed by atoms with E-state index in [1.165, 1.54) is 18.9 Å². The Morgan fingerprint density at radius 2 is 1.57 bits per heavy atom.